The number of likely N-dealkylation sites (tertiary alicyclic amines) is 1. The van der Waals surface area contributed by atoms with Crippen molar-refractivity contribution in [2.75, 3.05) is 40.3 Å². The average molecular weight is 243 g/mol. The number of amides is 2. The lowest BCUT2D eigenvalue weighted by atomic mass is 10.1. The van der Waals surface area contributed by atoms with Crippen molar-refractivity contribution in [1.82, 2.24) is 15.1 Å². The van der Waals surface area contributed by atoms with Crippen LogP contribution < -0.4 is 5.32 Å². The molecule has 1 atom stereocenters. The van der Waals surface area contributed by atoms with Gasteiger partial charge >= 0.3 is 12.0 Å². The zero-order chi connectivity index (χ0) is 12.8. The molecule has 17 heavy (non-hydrogen) atoms. The average Bonchev–Trinajstić information content (AvgIpc) is 2.63. The van der Waals surface area contributed by atoms with Crippen molar-refractivity contribution >= 4 is 12.0 Å². The van der Waals surface area contributed by atoms with Gasteiger partial charge < -0.3 is 20.2 Å². The minimum atomic E-state index is -0.898. The van der Waals surface area contributed by atoms with E-state index in [4.69, 9.17) is 5.11 Å². The van der Waals surface area contributed by atoms with Gasteiger partial charge in [-0.05, 0) is 25.9 Å². The van der Waals surface area contributed by atoms with Gasteiger partial charge in [-0.1, -0.05) is 0 Å². The molecule has 0 spiro atoms. The van der Waals surface area contributed by atoms with Gasteiger partial charge in [-0.2, -0.15) is 0 Å². The van der Waals surface area contributed by atoms with E-state index < -0.39 is 5.97 Å². The van der Waals surface area contributed by atoms with E-state index in [1.54, 1.807) is 11.9 Å². The highest BCUT2D eigenvalue weighted by atomic mass is 16.4. The van der Waals surface area contributed by atoms with Gasteiger partial charge in [0, 0.05) is 26.7 Å². The molecule has 1 heterocycles. The third-order valence-electron chi connectivity index (χ3n) is 2.98. The number of rotatable bonds is 5. The first-order valence-corrected chi connectivity index (χ1v) is 5.88. The van der Waals surface area contributed by atoms with Crippen LogP contribution in [0.1, 0.15) is 12.8 Å². The molecule has 98 valence electrons. The van der Waals surface area contributed by atoms with Crippen LogP contribution >= 0.6 is 0 Å². The second-order valence-electron chi connectivity index (χ2n) is 4.67. The number of carboxylic acids is 1. The van der Waals surface area contributed by atoms with E-state index in [1.165, 1.54) is 0 Å². The van der Waals surface area contributed by atoms with Gasteiger partial charge in [-0.15, -0.1) is 0 Å². The Morgan fingerprint density at radius 3 is 2.76 bits per heavy atom. The van der Waals surface area contributed by atoms with E-state index in [0.29, 0.717) is 5.92 Å². The largest absolute Gasteiger partial charge is 0.481 e. The first-order valence-electron chi connectivity index (χ1n) is 5.88. The van der Waals surface area contributed by atoms with E-state index in [0.717, 1.165) is 26.1 Å². The summed E-state index contributed by atoms with van der Waals surface area (Å²) >= 11 is 0. The van der Waals surface area contributed by atoms with Gasteiger partial charge in [-0.3, -0.25) is 4.79 Å². The zero-order valence-corrected chi connectivity index (χ0v) is 10.5. The highest BCUT2D eigenvalue weighted by Gasteiger charge is 2.22. The molecule has 0 aromatic rings. The lowest BCUT2D eigenvalue weighted by molar-refractivity contribution is -0.136. The van der Waals surface area contributed by atoms with Crippen LogP contribution in [0.25, 0.3) is 0 Å². The van der Waals surface area contributed by atoms with E-state index in [1.807, 2.05) is 0 Å². The van der Waals surface area contributed by atoms with Crippen molar-refractivity contribution in [3.8, 4) is 0 Å². The Morgan fingerprint density at radius 1 is 1.53 bits per heavy atom. The minimum Gasteiger partial charge on any atom is -0.481 e. The summed E-state index contributed by atoms with van der Waals surface area (Å²) in [6, 6.07) is -0.194. The normalized spacial score (nSPS) is 20.2. The van der Waals surface area contributed by atoms with Crippen molar-refractivity contribution in [2.24, 2.45) is 5.92 Å². The maximum atomic E-state index is 11.6. The highest BCUT2D eigenvalue weighted by Crippen LogP contribution is 2.14. The van der Waals surface area contributed by atoms with Crippen molar-refractivity contribution in [2.45, 2.75) is 12.8 Å². The molecule has 0 aromatic heterocycles. The molecule has 0 bridgehead atoms. The standard InChI is InChI=1S/C11H21N3O3/c1-13-6-4-9(7-13)8-14(2)11(17)12-5-3-10(15)16/h9H,3-8H2,1-2H3,(H,12,17)(H,15,16). The van der Waals surface area contributed by atoms with Crippen LogP contribution in [-0.4, -0.2) is 67.2 Å². The minimum absolute atomic E-state index is 0.0360. The monoisotopic (exact) mass is 243 g/mol. The van der Waals surface area contributed by atoms with Crippen LogP contribution in [0.3, 0.4) is 0 Å². The van der Waals surface area contributed by atoms with E-state index in [9.17, 15) is 9.59 Å². The van der Waals surface area contributed by atoms with Crippen molar-refractivity contribution in [3.63, 3.8) is 0 Å². The lowest BCUT2D eigenvalue weighted by Gasteiger charge is -2.21. The summed E-state index contributed by atoms with van der Waals surface area (Å²) in [4.78, 5) is 25.8. The van der Waals surface area contributed by atoms with Crippen LogP contribution in [0.15, 0.2) is 0 Å². The second kappa shape index (κ2) is 6.44. The summed E-state index contributed by atoms with van der Waals surface area (Å²) in [5, 5.41) is 11.0. The molecule has 1 saturated heterocycles. The van der Waals surface area contributed by atoms with Crippen molar-refractivity contribution < 1.29 is 14.7 Å². The first kappa shape index (κ1) is 13.8. The molecule has 6 nitrogen and oxygen atoms in total. The van der Waals surface area contributed by atoms with Gasteiger partial charge in [-0.25, -0.2) is 4.79 Å². The molecule has 1 fully saturated rings. The Hall–Kier alpha value is -1.30. The fourth-order valence-electron chi connectivity index (χ4n) is 2.06. The summed E-state index contributed by atoms with van der Waals surface area (Å²) in [5.41, 5.74) is 0. The smallest absolute Gasteiger partial charge is 0.317 e. The zero-order valence-electron chi connectivity index (χ0n) is 10.5. The summed E-state index contributed by atoms with van der Waals surface area (Å²) < 4.78 is 0. The number of carbonyl (C=O) groups is 2. The quantitative estimate of drug-likeness (QED) is 0.716. The van der Waals surface area contributed by atoms with E-state index in [-0.39, 0.29) is 19.0 Å². The molecule has 2 N–H and O–H groups in total. The number of hydrogen-bond acceptors (Lipinski definition) is 3. The molecule has 0 aliphatic carbocycles. The maximum Gasteiger partial charge on any atom is 0.317 e. The molecule has 2 amide bonds. The fourth-order valence-corrected chi connectivity index (χ4v) is 2.06. The van der Waals surface area contributed by atoms with Crippen LogP contribution in [-0.2, 0) is 4.79 Å². The number of nitrogens with one attached hydrogen (secondary N) is 1. The van der Waals surface area contributed by atoms with Gasteiger partial charge in [0.25, 0.3) is 0 Å². The third kappa shape index (κ3) is 5.04. The van der Waals surface area contributed by atoms with Crippen LogP contribution in [0.5, 0.6) is 0 Å². The molecule has 0 saturated carbocycles. The molecule has 0 aromatic carbocycles. The number of nitrogens with zero attached hydrogens (tertiary/aromatic N) is 2. The number of carbonyl (C=O) groups excluding carboxylic acids is 1. The number of hydrogen-bond donors (Lipinski definition) is 2. The summed E-state index contributed by atoms with van der Waals surface area (Å²) in [6.45, 7) is 3.01. The molecule has 1 unspecified atom stereocenters. The van der Waals surface area contributed by atoms with E-state index >= 15 is 0 Å². The third-order valence-corrected chi connectivity index (χ3v) is 2.98. The Kier molecular flexibility index (Phi) is 5.21. The SMILES string of the molecule is CN1CCC(CN(C)C(=O)NCCC(=O)O)C1. The predicted molar refractivity (Wildman–Crippen MR) is 63.9 cm³/mol. The fraction of sp³-hybridized carbons (Fsp3) is 0.818. The van der Waals surface area contributed by atoms with Gasteiger partial charge in [0.05, 0.1) is 6.42 Å². The van der Waals surface area contributed by atoms with Crippen LogP contribution in [0, 0.1) is 5.92 Å². The predicted octanol–water partition coefficient (Wildman–Crippen LogP) is 0.0542. The molecule has 0 radical (unpaired) electrons. The molecular weight excluding hydrogens is 222 g/mol. The lowest BCUT2D eigenvalue weighted by Crippen LogP contribution is -2.41. The summed E-state index contributed by atoms with van der Waals surface area (Å²) in [7, 11) is 3.82. The number of carboxylic acid groups (broad SMARTS) is 1. The number of aliphatic carboxylic acids is 1. The highest BCUT2D eigenvalue weighted by molar-refractivity contribution is 5.74. The summed E-state index contributed by atoms with van der Waals surface area (Å²) in [5.74, 6) is -0.374. The summed E-state index contributed by atoms with van der Waals surface area (Å²) in [6.07, 6.45) is 1.08. The molecule has 1 aliphatic rings. The Bertz CT molecular complexity index is 283. The molecule has 6 heteroatoms. The maximum absolute atomic E-state index is 11.6. The van der Waals surface area contributed by atoms with Gasteiger partial charge in [0.1, 0.15) is 0 Å². The second-order valence-corrected chi connectivity index (χ2v) is 4.67. The molecule has 1 rings (SSSR count). The van der Waals surface area contributed by atoms with Crippen molar-refractivity contribution in [1.29, 1.82) is 0 Å². The first-order chi connectivity index (χ1) is 7.99. The Labute approximate surface area is 102 Å². The van der Waals surface area contributed by atoms with E-state index in [2.05, 4.69) is 17.3 Å². The van der Waals surface area contributed by atoms with Crippen LogP contribution in [0.2, 0.25) is 0 Å². The Balaban J connectivity index is 2.20. The molecule has 1 aliphatic heterocycles. The van der Waals surface area contributed by atoms with Gasteiger partial charge in [0.15, 0.2) is 0 Å². The number of urea groups is 1. The molecular formula is C11H21N3O3. The van der Waals surface area contributed by atoms with Crippen molar-refractivity contribution in [3.05, 3.63) is 0 Å². The Morgan fingerprint density at radius 2 is 2.24 bits per heavy atom. The van der Waals surface area contributed by atoms with Gasteiger partial charge in [0.2, 0.25) is 0 Å². The van der Waals surface area contributed by atoms with Crippen LogP contribution in [0.4, 0.5) is 4.79 Å². The topological polar surface area (TPSA) is 72.9 Å².